The summed E-state index contributed by atoms with van der Waals surface area (Å²) in [6.45, 7) is 1.21. The molecule has 0 aromatic heterocycles. The number of sulfonamides is 1. The molecule has 0 bridgehead atoms. The van der Waals surface area contributed by atoms with Crippen LogP contribution in [0.15, 0.2) is 59.5 Å². The molecule has 222 valence electrons. The van der Waals surface area contributed by atoms with E-state index in [4.69, 9.17) is 20.5 Å². The number of hydrogen-bond acceptors (Lipinski definition) is 5. The fourth-order valence-electron chi connectivity index (χ4n) is 4.94. The van der Waals surface area contributed by atoms with Crippen LogP contribution in [0.3, 0.4) is 0 Å². The van der Waals surface area contributed by atoms with E-state index in [1.54, 1.807) is 24.3 Å². The maximum Gasteiger partial charge on any atom is 0.282 e. The van der Waals surface area contributed by atoms with Crippen molar-refractivity contribution in [3.63, 3.8) is 0 Å². The molecule has 2 saturated heterocycles. The van der Waals surface area contributed by atoms with Crippen LogP contribution in [-0.4, -0.2) is 79.8 Å². The monoisotopic (exact) mass is 616 g/mol. The molecular formula is C28H31ClF3N3O5S. The molecule has 1 N–H and O–H groups in total. The first-order chi connectivity index (χ1) is 20.3. The number of nitrogens with zero attached hydrogens (tertiary/aromatic N) is 2. The lowest BCUT2D eigenvalue weighted by atomic mass is 9.89. The Morgan fingerprint density at radius 1 is 1.20 bits per heavy atom. The molecule has 0 unspecified atom stereocenters. The number of piperidine rings is 1. The quantitative estimate of drug-likeness (QED) is 0.443. The molecule has 2 aromatic carbocycles. The molecule has 2 fully saturated rings. The number of likely N-dealkylation sites (tertiary alicyclic amines) is 1. The molecule has 2 aliphatic heterocycles. The zero-order valence-corrected chi connectivity index (χ0v) is 23.8. The Labute approximate surface area is 246 Å². The molecule has 0 spiro atoms. The molecule has 2 heterocycles. The van der Waals surface area contributed by atoms with Gasteiger partial charge >= 0.3 is 0 Å². The van der Waals surface area contributed by atoms with Crippen molar-refractivity contribution in [3.05, 3.63) is 59.6 Å². The van der Waals surface area contributed by atoms with Gasteiger partial charge in [0.25, 0.3) is 11.8 Å². The van der Waals surface area contributed by atoms with E-state index in [1.807, 2.05) is 0 Å². The number of ether oxygens (including phenoxy) is 1. The van der Waals surface area contributed by atoms with Crippen LogP contribution >= 0.6 is 11.6 Å². The molecule has 2 aromatic rings. The van der Waals surface area contributed by atoms with Gasteiger partial charge in [0.2, 0.25) is 15.9 Å². The summed E-state index contributed by atoms with van der Waals surface area (Å²) in [5.41, 5.74) is -2.05. The standard InChI is InChI=1S/C28H31ClF3N3O5S/c1-18(8-11-25(36)34-16-28(31,32)17-34)33-26(37)27(30)12-13-35(19(2)15-27)41(38,39)24-10-9-20(40-3)14-22(24)21-6-4-5-7-23(21)29/h4-11,14,18-19H,12-13,15-17H2,1-3H3,(H,33,37)/b11-8+/t18-,19-,27+/m1/s1/i3D3. The van der Waals surface area contributed by atoms with Gasteiger partial charge in [-0.2, -0.15) is 4.31 Å². The van der Waals surface area contributed by atoms with Gasteiger partial charge in [-0.3, -0.25) is 9.59 Å². The van der Waals surface area contributed by atoms with E-state index in [-0.39, 0.29) is 27.8 Å². The average Bonchev–Trinajstić information content (AvgIpc) is 2.89. The summed E-state index contributed by atoms with van der Waals surface area (Å²) in [6.07, 6.45) is 1.35. The number of nitrogens with one attached hydrogen (secondary N) is 1. The van der Waals surface area contributed by atoms with Crippen LogP contribution in [0, 0.1) is 0 Å². The number of halogens is 4. The minimum Gasteiger partial charge on any atom is -0.497 e. The van der Waals surface area contributed by atoms with Crippen molar-refractivity contribution in [1.29, 1.82) is 0 Å². The van der Waals surface area contributed by atoms with Crippen molar-refractivity contribution in [2.75, 3.05) is 26.7 Å². The SMILES string of the molecule is [2H]C([2H])([2H])Oc1ccc(S(=O)(=O)N2CC[C@@](F)(C(=O)N[C@H](C)/C=C/C(=O)N3CC(F)(F)C3)C[C@H]2C)c(-c2ccccc2Cl)c1. The first-order valence-corrected chi connectivity index (χ1v) is 14.6. The first kappa shape index (κ1) is 26.8. The highest BCUT2D eigenvalue weighted by atomic mass is 35.5. The van der Waals surface area contributed by atoms with Crippen LogP contribution in [0.2, 0.25) is 5.02 Å². The number of rotatable bonds is 8. The normalized spacial score (nSPS) is 25.0. The molecule has 3 atom stereocenters. The third-order valence-electron chi connectivity index (χ3n) is 7.11. The summed E-state index contributed by atoms with van der Waals surface area (Å²) in [5.74, 6) is -4.69. The smallest absolute Gasteiger partial charge is 0.282 e. The van der Waals surface area contributed by atoms with Crippen LogP contribution in [0.1, 0.15) is 30.8 Å². The predicted octanol–water partition coefficient (Wildman–Crippen LogP) is 4.44. The van der Waals surface area contributed by atoms with Crippen LogP contribution in [0.25, 0.3) is 11.1 Å². The Kier molecular flexibility index (Phi) is 7.61. The van der Waals surface area contributed by atoms with Gasteiger partial charge in [-0.1, -0.05) is 35.9 Å². The van der Waals surface area contributed by atoms with Crippen molar-refractivity contribution in [3.8, 4) is 16.9 Å². The van der Waals surface area contributed by atoms with Crippen molar-refractivity contribution in [2.24, 2.45) is 0 Å². The highest BCUT2D eigenvalue weighted by Crippen LogP contribution is 2.40. The molecule has 13 heteroatoms. The summed E-state index contributed by atoms with van der Waals surface area (Å²) in [6, 6.07) is 8.25. The van der Waals surface area contributed by atoms with Gasteiger partial charge in [0.15, 0.2) is 5.67 Å². The largest absolute Gasteiger partial charge is 0.497 e. The second-order valence-corrected chi connectivity index (χ2v) is 12.6. The highest BCUT2D eigenvalue weighted by molar-refractivity contribution is 7.89. The minimum atomic E-state index is -4.32. The molecule has 8 nitrogen and oxygen atoms in total. The molecule has 2 amide bonds. The Morgan fingerprint density at radius 3 is 2.54 bits per heavy atom. The molecule has 4 rings (SSSR count). The van der Waals surface area contributed by atoms with Crippen LogP contribution in [-0.2, 0) is 19.6 Å². The number of carbonyl (C=O) groups is 2. The summed E-state index contributed by atoms with van der Waals surface area (Å²) in [5, 5.41) is 2.64. The van der Waals surface area contributed by atoms with E-state index in [0.29, 0.717) is 5.56 Å². The van der Waals surface area contributed by atoms with Crippen LogP contribution in [0.5, 0.6) is 5.75 Å². The Bertz CT molecular complexity index is 1570. The van der Waals surface area contributed by atoms with Crippen molar-refractivity contribution >= 4 is 33.4 Å². The van der Waals surface area contributed by atoms with Gasteiger partial charge in [0.1, 0.15) is 5.75 Å². The Hall–Kier alpha value is -3.09. The molecule has 2 aliphatic rings. The maximum atomic E-state index is 15.9. The average molecular weight is 617 g/mol. The third-order valence-corrected chi connectivity index (χ3v) is 9.51. The van der Waals surface area contributed by atoms with Crippen molar-refractivity contribution < 1.29 is 40.0 Å². The van der Waals surface area contributed by atoms with E-state index in [0.717, 1.165) is 15.3 Å². The lowest BCUT2D eigenvalue weighted by Crippen LogP contribution is -2.58. The number of hydrogen-bond donors (Lipinski definition) is 1. The fraction of sp³-hybridized carbons (Fsp3) is 0.429. The number of methoxy groups -OCH3 is 1. The van der Waals surface area contributed by atoms with Crippen LogP contribution in [0.4, 0.5) is 13.2 Å². The topological polar surface area (TPSA) is 96.0 Å². The summed E-state index contributed by atoms with van der Waals surface area (Å²) in [7, 11) is -7.12. The van der Waals surface area contributed by atoms with Crippen molar-refractivity contribution in [2.45, 2.75) is 55.3 Å². The number of amides is 2. The molecular weight excluding hydrogens is 583 g/mol. The summed E-state index contributed by atoms with van der Waals surface area (Å²) in [4.78, 5) is 25.6. The predicted molar refractivity (Wildman–Crippen MR) is 148 cm³/mol. The summed E-state index contributed by atoms with van der Waals surface area (Å²) < 4.78 is 98.0. The van der Waals surface area contributed by atoms with Crippen molar-refractivity contribution in [1.82, 2.24) is 14.5 Å². The van der Waals surface area contributed by atoms with E-state index in [1.165, 1.54) is 38.1 Å². The molecule has 0 aliphatic carbocycles. The van der Waals surface area contributed by atoms with E-state index >= 15 is 4.39 Å². The van der Waals surface area contributed by atoms with Gasteiger partial charge < -0.3 is 15.0 Å². The zero-order chi connectivity index (χ0) is 32.7. The third kappa shape index (κ3) is 6.54. The van der Waals surface area contributed by atoms with Gasteiger partial charge in [-0.05, 0) is 38.1 Å². The molecule has 0 radical (unpaired) electrons. The second-order valence-electron chi connectivity index (χ2n) is 10.3. The Morgan fingerprint density at radius 2 is 1.90 bits per heavy atom. The fourth-order valence-corrected chi connectivity index (χ4v) is 7.00. The maximum absolute atomic E-state index is 15.9. The lowest BCUT2D eigenvalue weighted by molar-refractivity contribution is -0.160. The number of alkyl halides is 3. The lowest BCUT2D eigenvalue weighted by Gasteiger charge is -2.40. The number of benzene rings is 2. The minimum absolute atomic E-state index is 0.0801. The van der Waals surface area contributed by atoms with Crippen LogP contribution < -0.4 is 10.1 Å². The second kappa shape index (κ2) is 11.7. The molecule has 41 heavy (non-hydrogen) atoms. The number of carbonyl (C=O) groups excluding carboxylic acids is 2. The zero-order valence-electron chi connectivity index (χ0n) is 25.2. The molecule has 0 saturated carbocycles. The van der Waals surface area contributed by atoms with Gasteiger partial charge in [0.05, 0.1) is 29.1 Å². The van der Waals surface area contributed by atoms with Gasteiger partial charge in [-0.25, -0.2) is 21.6 Å². The van der Waals surface area contributed by atoms with Gasteiger partial charge in [-0.15, -0.1) is 0 Å². The Balaban J connectivity index is 1.50. The summed E-state index contributed by atoms with van der Waals surface area (Å²) >= 11 is 6.36. The van der Waals surface area contributed by atoms with E-state index in [2.05, 4.69) is 5.32 Å². The first-order valence-electron chi connectivity index (χ1n) is 14.3. The van der Waals surface area contributed by atoms with Gasteiger partial charge in [0, 0.05) is 53.7 Å². The van der Waals surface area contributed by atoms with E-state index < -0.39 is 78.5 Å². The highest BCUT2D eigenvalue weighted by Gasteiger charge is 2.48. The van der Waals surface area contributed by atoms with E-state index in [9.17, 15) is 26.8 Å².